The zero-order valence-electron chi connectivity index (χ0n) is 16.3. The molecule has 0 unspecified atom stereocenters. The van der Waals surface area contributed by atoms with Crippen molar-refractivity contribution in [2.45, 2.75) is 38.7 Å². The van der Waals surface area contributed by atoms with Crippen LogP contribution in [-0.2, 0) is 20.7 Å². The Hall–Kier alpha value is -3.48. The van der Waals surface area contributed by atoms with Crippen molar-refractivity contribution in [2.24, 2.45) is 0 Å². The highest BCUT2D eigenvalue weighted by molar-refractivity contribution is 5.98. The number of anilines is 1. The molecule has 0 aliphatic rings. The van der Waals surface area contributed by atoms with Crippen LogP contribution in [0.1, 0.15) is 31.9 Å². The van der Waals surface area contributed by atoms with Crippen molar-refractivity contribution >= 4 is 17.6 Å². The Kier molecular flexibility index (Phi) is 7.10. The van der Waals surface area contributed by atoms with Gasteiger partial charge in [-0.15, -0.1) is 0 Å². The summed E-state index contributed by atoms with van der Waals surface area (Å²) in [4.78, 5) is 24.5. The largest absolute Gasteiger partial charge is 0.453 e. The smallest absolute Gasteiger partial charge is 0.306 e. The van der Waals surface area contributed by atoms with E-state index in [1.807, 2.05) is 54.6 Å². The third-order valence-corrected chi connectivity index (χ3v) is 4.48. The Balaban J connectivity index is 1.49. The van der Waals surface area contributed by atoms with E-state index < -0.39 is 6.10 Å². The Morgan fingerprint density at radius 1 is 1.07 bits per heavy atom. The van der Waals surface area contributed by atoms with Crippen molar-refractivity contribution < 1.29 is 14.3 Å². The summed E-state index contributed by atoms with van der Waals surface area (Å²) in [5.74, 6) is -0.742. The van der Waals surface area contributed by atoms with Crippen LogP contribution in [0.5, 0.6) is 0 Å². The summed E-state index contributed by atoms with van der Waals surface area (Å²) in [6.45, 7) is 1.58. The molecule has 150 valence electrons. The van der Waals surface area contributed by atoms with Gasteiger partial charge in [0.05, 0.1) is 11.9 Å². The Bertz CT molecular complexity index is 926. The van der Waals surface area contributed by atoms with Crippen LogP contribution in [0.25, 0.3) is 11.1 Å². The van der Waals surface area contributed by atoms with E-state index in [1.165, 1.54) is 0 Å². The van der Waals surface area contributed by atoms with E-state index in [-0.39, 0.29) is 18.3 Å². The minimum atomic E-state index is -0.873. The number of carbonyl (C=O) groups is 2. The maximum Gasteiger partial charge on any atom is 0.306 e. The number of carbonyl (C=O) groups excluding carboxylic acids is 2. The second-order valence-electron chi connectivity index (χ2n) is 6.70. The molecule has 7 heteroatoms. The fraction of sp³-hybridized carbons (Fsp3) is 0.273. The van der Waals surface area contributed by atoms with Gasteiger partial charge in [0.2, 0.25) is 0 Å². The van der Waals surface area contributed by atoms with Crippen LogP contribution >= 0.6 is 0 Å². The fourth-order valence-electron chi connectivity index (χ4n) is 2.93. The number of rotatable bonds is 9. The van der Waals surface area contributed by atoms with Gasteiger partial charge in [-0.3, -0.25) is 9.59 Å². The minimum Gasteiger partial charge on any atom is -0.453 e. The lowest BCUT2D eigenvalue weighted by molar-refractivity contribution is -0.153. The number of nitrogens with one attached hydrogen (secondary N) is 2. The molecular weight excluding hydrogens is 368 g/mol. The number of H-pyrrole nitrogens is 1. The molecule has 0 saturated carbocycles. The number of amides is 1. The molecule has 2 aromatic carbocycles. The van der Waals surface area contributed by atoms with Crippen molar-refractivity contribution in [3.8, 4) is 11.1 Å². The monoisotopic (exact) mass is 392 g/mol. The van der Waals surface area contributed by atoms with Gasteiger partial charge < -0.3 is 10.1 Å². The molecule has 1 heterocycles. The van der Waals surface area contributed by atoms with Gasteiger partial charge in [0.15, 0.2) is 6.10 Å². The lowest BCUT2D eigenvalue weighted by atomic mass is 10.0. The van der Waals surface area contributed by atoms with E-state index in [4.69, 9.17) is 4.74 Å². The van der Waals surface area contributed by atoms with Crippen LogP contribution in [0.4, 0.5) is 5.69 Å². The van der Waals surface area contributed by atoms with Crippen LogP contribution in [-0.4, -0.2) is 33.4 Å². The first kappa shape index (κ1) is 20.3. The van der Waals surface area contributed by atoms with Crippen LogP contribution in [0.2, 0.25) is 0 Å². The summed E-state index contributed by atoms with van der Waals surface area (Å²) in [6.07, 6.45) is 3.26. The molecular formula is C22H24N4O3. The molecule has 2 N–H and O–H groups in total. The predicted octanol–water partition coefficient (Wildman–Crippen LogP) is 3.75. The molecule has 1 aromatic heterocycles. The number of hydrogen-bond acceptors (Lipinski definition) is 5. The lowest BCUT2D eigenvalue weighted by Crippen LogP contribution is -2.30. The second-order valence-corrected chi connectivity index (χ2v) is 6.70. The van der Waals surface area contributed by atoms with Gasteiger partial charge in [0.1, 0.15) is 0 Å². The van der Waals surface area contributed by atoms with E-state index in [0.717, 1.165) is 29.7 Å². The van der Waals surface area contributed by atoms with Gasteiger partial charge in [-0.25, -0.2) is 0 Å². The SMILES string of the molecule is C[C@H](OC(=O)CCCCc1cn[nH]n1)C(=O)Nc1ccccc1-c1ccccc1. The highest BCUT2D eigenvalue weighted by Crippen LogP contribution is 2.27. The third kappa shape index (κ3) is 6.00. The van der Waals surface area contributed by atoms with Crippen molar-refractivity contribution in [1.82, 2.24) is 15.4 Å². The first-order valence-electron chi connectivity index (χ1n) is 9.63. The molecule has 1 amide bonds. The molecule has 0 saturated heterocycles. The topological polar surface area (TPSA) is 97.0 Å². The number of hydrogen-bond donors (Lipinski definition) is 2. The third-order valence-electron chi connectivity index (χ3n) is 4.48. The summed E-state index contributed by atoms with van der Waals surface area (Å²) in [5, 5.41) is 13.1. The average molecular weight is 392 g/mol. The highest BCUT2D eigenvalue weighted by atomic mass is 16.5. The molecule has 29 heavy (non-hydrogen) atoms. The van der Waals surface area contributed by atoms with Crippen molar-refractivity contribution in [3.63, 3.8) is 0 Å². The average Bonchev–Trinajstić information content (AvgIpc) is 3.26. The Morgan fingerprint density at radius 3 is 2.59 bits per heavy atom. The van der Waals surface area contributed by atoms with Crippen LogP contribution in [0, 0.1) is 0 Å². The Morgan fingerprint density at radius 2 is 1.83 bits per heavy atom. The second kappa shape index (κ2) is 10.2. The minimum absolute atomic E-state index is 0.260. The molecule has 0 spiro atoms. The van der Waals surface area contributed by atoms with E-state index in [9.17, 15) is 9.59 Å². The van der Waals surface area contributed by atoms with Crippen LogP contribution in [0.15, 0.2) is 60.8 Å². The first-order valence-corrected chi connectivity index (χ1v) is 9.63. The van der Waals surface area contributed by atoms with Crippen molar-refractivity contribution in [3.05, 3.63) is 66.5 Å². The van der Waals surface area contributed by atoms with E-state index in [0.29, 0.717) is 12.1 Å². The maximum absolute atomic E-state index is 12.5. The van der Waals surface area contributed by atoms with Crippen molar-refractivity contribution in [2.75, 3.05) is 5.32 Å². The first-order chi connectivity index (χ1) is 14.1. The zero-order valence-corrected chi connectivity index (χ0v) is 16.3. The Labute approximate surface area is 169 Å². The van der Waals surface area contributed by atoms with Crippen LogP contribution in [0.3, 0.4) is 0 Å². The molecule has 1 atom stereocenters. The van der Waals surface area contributed by atoms with Gasteiger partial charge >= 0.3 is 5.97 Å². The van der Waals surface area contributed by atoms with E-state index >= 15 is 0 Å². The number of aromatic nitrogens is 3. The van der Waals surface area contributed by atoms with Gasteiger partial charge in [-0.2, -0.15) is 15.4 Å². The summed E-state index contributed by atoms with van der Waals surface area (Å²) in [6, 6.07) is 17.3. The number of aryl methyl sites for hydroxylation is 1. The van der Waals surface area contributed by atoms with Gasteiger partial charge in [-0.1, -0.05) is 48.5 Å². The number of unbranched alkanes of at least 4 members (excludes halogenated alkanes) is 1. The zero-order chi connectivity index (χ0) is 20.5. The highest BCUT2D eigenvalue weighted by Gasteiger charge is 2.19. The lowest BCUT2D eigenvalue weighted by Gasteiger charge is -2.16. The molecule has 3 rings (SSSR count). The molecule has 7 nitrogen and oxygen atoms in total. The van der Waals surface area contributed by atoms with Crippen molar-refractivity contribution in [1.29, 1.82) is 0 Å². The number of aromatic amines is 1. The number of ether oxygens (including phenoxy) is 1. The normalized spacial score (nSPS) is 11.6. The van der Waals surface area contributed by atoms with Gasteiger partial charge in [-0.05, 0) is 37.8 Å². The maximum atomic E-state index is 12.5. The number of esters is 1. The molecule has 0 aliphatic heterocycles. The van der Waals surface area contributed by atoms with Gasteiger partial charge in [0.25, 0.3) is 5.91 Å². The number of nitrogens with zero attached hydrogens (tertiary/aromatic N) is 2. The molecule has 0 aliphatic carbocycles. The summed E-state index contributed by atoms with van der Waals surface area (Å²) < 4.78 is 5.28. The van der Waals surface area contributed by atoms with Crippen LogP contribution < -0.4 is 5.32 Å². The quantitative estimate of drug-likeness (QED) is 0.427. The predicted molar refractivity (Wildman–Crippen MR) is 110 cm³/mol. The molecule has 0 radical (unpaired) electrons. The molecule has 0 bridgehead atoms. The molecule has 3 aromatic rings. The summed E-state index contributed by atoms with van der Waals surface area (Å²) in [5.41, 5.74) is 3.45. The van der Waals surface area contributed by atoms with E-state index in [2.05, 4.69) is 20.7 Å². The molecule has 0 fully saturated rings. The fourth-order valence-corrected chi connectivity index (χ4v) is 2.93. The number of para-hydroxylation sites is 1. The summed E-state index contributed by atoms with van der Waals surface area (Å²) in [7, 11) is 0. The van der Waals surface area contributed by atoms with E-state index in [1.54, 1.807) is 13.1 Å². The van der Waals surface area contributed by atoms with Gasteiger partial charge in [0, 0.05) is 17.7 Å². The summed E-state index contributed by atoms with van der Waals surface area (Å²) >= 11 is 0. The number of benzene rings is 2. The standard InChI is InChI=1S/C22H24N4O3/c1-16(29-21(27)14-8-5-11-18-15-23-26-25-18)22(28)24-20-13-7-6-12-19(20)17-9-3-2-4-10-17/h2-4,6-7,9-10,12-13,15-16H,5,8,11,14H2,1H3,(H,24,28)(H,23,25,26)/t16-/m0/s1.